The number of carbonyl (C=O) groups is 3. The number of nitrogens with one attached hydrogen (secondary N) is 2. The van der Waals surface area contributed by atoms with E-state index in [0.29, 0.717) is 25.7 Å². The van der Waals surface area contributed by atoms with Crippen molar-refractivity contribution in [3.8, 4) is 23.0 Å². The van der Waals surface area contributed by atoms with Gasteiger partial charge in [-0.2, -0.15) is 0 Å². The average molecular weight is 679 g/mol. The van der Waals surface area contributed by atoms with Gasteiger partial charge in [0.05, 0.1) is 7.11 Å². The third-order valence-electron chi connectivity index (χ3n) is 7.61. The monoisotopic (exact) mass is 678 g/mol. The lowest BCUT2D eigenvalue weighted by molar-refractivity contribution is -0.121. The number of hydrogen-bond donors (Lipinski definition) is 5. The standard InChI is InChI=1S/C18H27NO3.C15H23NO2.C7H8O2/c1-15(20)7-5-3-2-4-6-14-19-18(22)13-10-16-8-11-17(21)12-9-16;1-2-3-4-5-12-16-15(18)11-8-13-6-9-14(17)10-7-13;1-9-7-4-2-6(8)3-5-7/h8-9,11-12,21H,2-7,10,13-14H2,1H3,(H,19,22);6-7,9-10,17H,2-5,8,11-12H2,1H3,(H,16,18);2-5,8H,1H3. The third kappa shape index (κ3) is 24.3. The molecule has 0 heterocycles. The molecular formula is C40H58N2O7. The highest BCUT2D eigenvalue weighted by Gasteiger charge is 2.03. The molecule has 3 aromatic carbocycles. The van der Waals surface area contributed by atoms with Crippen LogP contribution in [0.3, 0.4) is 0 Å². The molecule has 270 valence electrons. The van der Waals surface area contributed by atoms with E-state index < -0.39 is 0 Å². The molecule has 0 fully saturated rings. The van der Waals surface area contributed by atoms with Crippen LogP contribution < -0.4 is 15.4 Å². The summed E-state index contributed by atoms with van der Waals surface area (Å²) in [6.45, 7) is 5.32. The van der Waals surface area contributed by atoms with Gasteiger partial charge in [0.15, 0.2) is 0 Å². The molecule has 0 radical (unpaired) electrons. The van der Waals surface area contributed by atoms with Gasteiger partial charge in [-0.05, 0) is 98.7 Å². The maximum atomic E-state index is 11.7. The number of ether oxygens (including phenoxy) is 1. The molecule has 0 saturated heterocycles. The van der Waals surface area contributed by atoms with E-state index in [4.69, 9.17) is 14.9 Å². The lowest BCUT2D eigenvalue weighted by Crippen LogP contribution is -2.24. The smallest absolute Gasteiger partial charge is 0.220 e. The summed E-state index contributed by atoms with van der Waals surface area (Å²) in [7, 11) is 1.59. The van der Waals surface area contributed by atoms with Crippen molar-refractivity contribution in [1.82, 2.24) is 10.6 Å². The van der Waals surface area contributed by atoms with Crippen LogP contribution in [0.4, 0.5) is 0 Å². The summed E-state index contributed by atoms with van der Waals surface area (Å²) in [6, 6.07) is 20.5. The van der Waals surface area contributed by atoms with Crippen LogP contribution in [-0.4, -0.2) is 53.1 Å². The van der Waals surface area contributed by atoms with Crippen molar-refractivity contribution < 1.29 is 34.4 Å². The van der Waals surface area contributed by atoms with Gasteiger partial charge in [0.1, 0.15) is 28.8 Å². The molecule has 3 aromatic rings. The van der Waals surface area contributed by atoms with E-state index in [1.165, 1.54) is 19.3 Å². The van der Waals surface area contributed by atoms with Gasteiger partial charge >= 0.3 is 0 Å². The highest BCUT2D eigenvalue weighted by molar-refractivity contribution is 5.76. The van der Waals surface area contributed by atoms with Crippen molar-refractivity contribution in [1.29, 1.82) is 0 Å². The molecule has 9 nitrogen and oxygen atoms in total. The first-order valence-electron chi connectivity index (χ1n) is 17.5. The Balaban J connectivity index is 0.000000397. The van der Waals surface area contributed by atoms with Gasteiger partial charge in [-0.3, -0.25) is 9.59 Å². The fourth-order valence-electron chi connectivity index (χ4n) is 4.64. The number of aromatic hydroxyl groups is 3. The van der Waals surface area contributed by atoms with E-state index in [2.05, 4.69) is 17.6 Å². The lowest BCUT2D eigenvalue weighted by Gasteiger charge is -2.05. The van der Waals surface area contributed by atoms with Crippen molar-refractivity contribution >= 4 is 17.6 Å². The number of Topliss-reactive ketones (excluding diaryl/α,β-unsaturated/α-hetero) is 1. The predicted octanol–water partition coefficient (Wildman–Crippen LogP) is 7.79. The van der Waals surface area contributed by atoms with Crippen LogP contribution in [0.1, 0.15) is 102 Å². The van der Waals surface area contributed by atoms with Gasteiger partial charge in [-0.25, -0.2) is 0 Å². The van der Waals surface area contributed by atoms with Crippen molar-refractivity contribution in [2.45, 2.75) is 104 Å². The van der Waals surface area contributed by atoms with Gasteiger partial charge in [0.25, 0.3) is 0 Å². The molecule has 49 heavy (non-hydrogen) atoms. The quantitative estimate of drug-likeness (QED) is 0.0767. The molecule has 0 unspecified atom stereocenters. The van der Waals surface area contributed by atoms with Crippen LogP contribution in [-0.2, 0) is 27.2 Å². The van der Waals surface area contributed by atoms with E-state index >= 15 is 0 Å². The zero-order valence-corrected chi connectivity index (χ0v) is 29.7. The molecule has 0 aliphatic heterocycles. The fraction of sp³-hybridized carbons (Fsp3) is 0.475. The zero-order valence-electron chi connectivity index (χ0n) is 29.7. The first-order valence-corrected chi connectivity index (χ1v) is 17.5. The summed E-state index contributed by atoms with van der Waals surface area (Å²) in [6.07, 6.45) is 13.1. The molecule has 0 atom stereocenters. The molecular weight excluding hydrogens is 620 g/mol. The normalized spacial score (nSPS) is 10.1. The molecule has 5 N–H and O–H groups in total. The second-order valence-corrected chi connectivity index (χ2v) is 12.0. The van der Waals surface area contributed by atoms with Crippen LogP contribution in [0.5, 0.6) is 23.0 Å². The molecule has 0 aliphatic carbocycles. The van der Waals surface area contributed by atoms with Gasteiger partial charge in [-0.15, -0.1) is 0 Å². The summed E-state index contributed by atoms with van der Waals surface area (Å²) in [5, 5.41) is 33.0. The maximum Gasteiger partial charge on any atom is 0.220 e. The van der Waals surface area contributed by atoms with Crippen LogP contribution >= 0.6 is 0 Å². The van der Waals surface area contributed by atoms with Crippen molar-refractivity contribution in [2.75, 3.05) is 20.2 Å². The molecule has 2 amide bonds. The Kier molecular flexibility index (Phi) is 23.8. The number of aryl methyl sites for hydroxylation is 2. The van der Waals surface area contributed by atoms with E-state index in [1.54, 1.807) is 62.6 Å². The Morgan fingerprint density at radius 1 is 0.551 bits per heavy atom. The number of unbranched alkanes of at least 4 members (excludes halogenated alkanes) is 7. The highest BCUT2D eigenvalue weighted by atomic mass is 16.5. The van der Waals surface area contributed by atoms with Gasteiger partial charge in [0, 0.05) is 32.4 Å². The molecule has 0 aliphatic rings. The highest BCUT2D eigenvalue weighted by Crippen LogP contribution is 2.15. The summed E-state index contributed by atoms with van der Waals surface area (Å²) < 4.78 is 4.86. The van der Waals surface area contributed by atoms with E-state index in [0.717, 1.165) is 74.9 Å². The fourth-order valence-corrected chi connectivity index (χ4v) is 4.64. The van der Waals surface area contributed by atoms with E-state index in [1.807, 2.05) is 24.3 Å². The maximum absolute atomic E-state index is 11.7. The lowest BCUT2D eigenvalue weighted by atomic mass is 10.1. The Hall–Kier alpha value is -4.53. The van der Waals surface area contributed by atoms with Gasteiger partial charge in [-0.1, -0.05) is 69.7 Å². The number of hydrogen-bond acceptors (Lipinski definition) is 7. The molecule has 9 heteroatoms. The SMILES string of the molecule is CC(=O)CCCCCCCNC(=O)CCc1ccc(O)cc1.CCCCCCNC(=O)CCc1ccc(O)cc1.COc1ccc(O)cc1. The van der Waals surface area contributed by atoms with Crippen LogP contribution in [0.25, 0.3) is 0 Å². The first-order chi connectivity index (χ1) is 23.6. The zero-order chi connectivity index (χ0) is 36.1. The van der Waals surface area contributed by atoms with E-state index in [-0.39, 0.29) is 34.8 Å². The number of phenolic OH excluding ortho intramolecular Hbond substituents is 3. The van der Waals surface area contributed by atoms with Crippen molar-refractivity contribution in [3.05, 3.63) is 83.9 Å². The second kappa shape index (κ2) is 27.4. The number of ketones is 1. The van der Waals surface area contributed by atoms with Crippen LogP contribution in [0, 0.1) is 0 Å². The minimum Gasteiger partial charge on any atom is -0.508 e. The molecule has 0 saturated carbocycles. The van der Waals surface area contributed by atoms with E-state index in [9.17, 15) is 19.5 Å². The average Bonchev–Trinajstić information content (AvgIpc) is 3.09. The van der Waals surface area contributed by atoms with Crippen molar-refractivity contribution in [3.63, 3.8) is 0 Å². The number of phenols is 3. The molecule has 0 aromatic heterocycles. The van der Waals surface area contributed by atoms with Gasteiger partial charge in [0.2, 0.25) is 11.8 Å². The minimum atomic E-state index is 0.0738. The third-order valence-corrected chi connectivity index (χ3v) is 7.61. The number of carbonyl (C=O) groups excluding carboxylic acids is 3. The predicted molar refractivity (Wildman–Crippen MR) is 196 cm³/mol. The summed E-state index contributed by atoms with van der Waals surface area (Å²) >= 11 is 0. The topological polar surface area (TPSA) is 145 Å². The Labute approximate surface area is 293 Å². The minimum absolute atomic E-state index is 0.0738. The van der Waals surface area contributed by atoms with Gasteiger partial charge < -0.3 is 35.5 Å². The second-order valence-electron chi connectivity index (χ2n) is 12.0. The molecule has 0 spiro atoms. The van der Waals surface area contributed by atoms with Crippen LogP contribution in [0.2, 0.25) is 0 Å². The first kappa shape index (κ1) is 42.5. The molecule has 0 bridgehead atoms. The Morgan fingerprint density at radius 2 is 0.939 bits per heavy atom. The number of methoxy groups -OCH3 is 1. The Morgan fingerprint density at radius 3 is 1.35 bits per heavy atom. The molecule has 3 rings (SSSR count). The summed E-state index contributed by atoms with van der Waals surface area (Å²) in [5.41, 5.74) is 2.13. The number of benzene rings is 3. The van der Waals surface area contributed by atoms with Crippen molar-refractivity contribution in [2.24, 2.45) is 0 Å². The summed E-state index contributed by atoms with van der Waals surface area (Å²) in [4.78, 5) is 34.0. The largest absolute Gasteiger partial charge is 0.508 e. The summed E-state index contributed by atoms with van der Waals surface area (Å²) in [5.74, 6) is 1.98. The number of amides is 2. The Bertz CT molecular complexity index is 1290. The number of rotatable bonds is 20. The van der Waals surface area contributed by atoms with Crippen LogP contribution in [0.15, 0.2) is 72.8 Å².